The van der Waals surface area contributed by atoms with Crippen molar-refractivity contribution < 1.29 is 0 Å². The second kappa shape index (κ2) is 6.10. The lowest BCUT2D eigenvalue weighted by atomic mass is 10.3. The van der Waals surface area contributed by atoms with Crippen LogP contribution in [0.15, 0.2) is 21.8 Å². The number of hydrogen-bond donors (Lipinski definition) is 0. The SMILES string of the molecule is CC=NC(=CC(Cl)=NC)CC. The van der Waals surface area contributed by atoms with E-state index >= 15 is 0 Å². The first-order chi connectivity index (χ1) is 5.24. The van der Waals surface area contributed by atoms with Crippen LogP contribution >= 0.6 is 11.6 Å². The smallest absolute Gasteiger partial charge is 0.125 e. The van der Waals surface area contributed by atoms with Crippen LogP contribution in [0.1, 0.15) is 20.3 Å². The van der Waals surface area contributed by atoms with E-state index in [0.717, 1.165) is 12.1 Å². The van der Waals surface area contributed by atoms with Crippen molar-refractivity contribution in [2.75, 3.05) is 7.05 Å². The topological polar surface area (TPSA) is 24.7 Å². The summed E-state index contributed by atoms with van der Waals surface area (Å²) >= 11 is 5.67. The average Bonchev–Trinajstić information content (AvgIpc) is 2.03. The van der Waals surface area contributed by atoms with E-state index in [-0.39, 0.29) is 0 Å². The predicted molar refractivity (Wildman–Crippen MR) is 51.8 cm³/mol. The van der Waals surface area contributed by atoms with Gasteiger partial charge < -0.3 is 0 Å². The predicted octanol–water partition coefficient (Wildman–Crippen LogP) is 2.64. The number of halogens is 1. The summed E-state index contributed by atoms with van der Waals surface area (Å²) in [7, 11) is 1.65. The summed E-state index contributed by atoms with van der Waals surface area (Å²) < 4.78 is 0. The lowest BCUT2D eigenvalue weighted by Gasteiger charge is -1.93. The molecule has 0 aromatic rings. The van der Waals surface area contributed by atoms with Crippen LogP contribution < -0.4 is 0 Å². The molecule has 11 heavy (non-hydrogen) atoms. The molecule has 0 N–H and O–H groups in total. The summed E-state index contributed by atoms with van der Waals surface area (Å²) in [5.74, 6) is 0. The van der Waals surface area contributed by atoms with Gasteiger partial charge in [-0.15, -0.1) is 0 Å². The van der Waals surface area contributed by atoms with E-state index in [1.54, 1.807) is 19.3 Å². The minimum Gasteiger partial charge on any atom is -0.276 e. The molecule has 0 fully saturated rings. The summed E-state index contributed by atoms with van der Waals surface area (Å²) in [6, 6.07) is 0. The number of aliphatic imine (C=N–C) groups is 2. The van der Waals surface area contributed by atoms with E-state index in [1.165, 1.54) is 0 Å². The normalized spacial score (nSPS) is 14.5. The van der Waals surface area contributed by atoms with E-state index in [0.29, 0.717) is 5.17 Å². The molecule has 0 saturated heterocycles. The molecule has 0 heterocycles. The van der Waals surface area contributed by atoms with Crippen molar-refractivity contribution >= 4 is 23.0 Å². The van der Waals surface area contributed by atoms with Crippen LogP contribution in [0.3, 0.4) is 0 Å². The van der Waals surface area contributed by atoms with Crippen molar-refractivity contribution in [2.24, 2.45) is 9.98 Å². The second-order valence-electron chi connectivity index (χ2n) is 1.92. The van der Waals surface area contributed by atoms with Gasteiger partial charge in [0.15, 0.2) is 0 Å². The minimum atomic E-state index is 0.493. The molecule has 0 aromatic heterocycles. The van der Waals surface area contributed by atoms with Crippen molar-refractivity contribution in [1.29, 1.82) is 0 Å². The summed E-state index contributed by atoms with van der Waals surface area (Å²) in [4.78, 5) is 7.89. The molecule has 0 radical (unpaired) electrons. The summed E-state index contributed by atoms with van der Waals surface area (Å²) in [5.41, 5.74) is 0.947. The van der Waals surface area contributed by atoms with Gasteiger partial charge in [0.05, 0.1) is 0 Å². The van der Waals surface area contributed by atoms with Crippen molar-refractivity contribution in [3.8, 4) is 0 Å². The van der Waals surface area contributed by atoms with E-state index in [4.69, 9.17) is 11.6 Å². The highest BCUT2D eigenvalue weighted by Gasteiger charge is 1.90. The average molecular weight is 173 g/mol. The van der Waals surface area contributed by atoms with E-state index in [9.17, 15) is 0 Å². The summed E-state index contributed by atoms with van der Waals surface area (Å²) in [6.45, 7) is 3.90. The first kappa shape index (κ1) is 10.4. The molecule has 0 atom stereocenters. The number of hydrogen-bond acceptors (Lipinski definition) is 2. The van der Waals surface area contributed by atoms with Gasteiger partial charge in [-0.1, -0.05) is 18.5 Å². The maximum atomic E-state index is 5.67. The highest BCUT2D eigenvalue weighted by molar-refractivity contribution is 6.68. The Balaban J connectivity index is 4.35. The first-order valence-corrected chi connectivity index (χ1v) is 3.93. The molecule has 0 aromatic carbocycles. The van der Waals surface area contributed by atoms with Crippen LogP contribution in [0.5, 0.6) is 0 Å². The summed E-state index contributed by atoms with van der Waals surface area (Å²) in [6.07, 6.45) is 4.38. The molecule has 0 spiro atoms. The van der Waals surface area contributed by atoms with Gasteiger partial charge in [-0.05, 0) is 19.4 Å². The number of nitrogens with zero attached hydrogens (tertiary/aromatic N) is 2. The van der Waals surface area contributed by atoms with Gasteiger partial charge >= 0.3 is 0 Å². The van der Waals surface area contributed by atoms with Gasteiger partial charge in [-0.3, -0.25) is 9.98 Å². The molecule has 62 valence electrons. The fraction of sp³-hybridized carbons (Fsp3) is 0.500. The minimum absolute atomic E-state index is 0.493. The van der Waals surface area contributed by atoms with Gasteiger partial charge in [0, 0.05) is 19.0 Å². The van der Waals surface area contributed by atoms with E-state index < -0.39 is 0 Å². The van der Waals surface area contributed by atoms with Crippen molar-refractivity contribution in [2.45, 2.75) is 20.3 Å². The standard InChI is InChI=1S/C8H13ClN2/c1-4-7(11-5-2)6-8(9)10-3/h5-6H,4H2,1-3H3. The van der Waals surface area contributed by atoms with Gasteiger partial charge in [-0.2, -0.15) is 0 Å². The molecule has 0 aliphatic rings. The highest BCUT2D eigenvalue weighted by Crippen LogP contribution is 2.03. The van der Waals surface area contributed by atoms with Gasteiger partial charge in [-0.25, -0.2) is 0 Å². The van der Waals surface area contributed by atoms with Gasteiger partial charge in [0.2, 0.25) is 0 Å². The highest BCUT2D eigenvalue weighted by atomic mass is 35.5. The van der Waals surface area contributed by atoms with Crippen LogP contribution in [0.25, 0.3) is 0 Å². The third-order valence-electron chi connectivity index (χ3n) is 1.16. The largest absolute Gasteiger partial charge is 0.276 e. The first-order valence-electron chi connectivity index (χ1n) is 3.56. The molecule has 0 bridgehead atoms. The zero-order chi connectivity index (χ0) is 8.69. The third-order valence-corrected chi connectivity index (χ3v) is 1.43. The molecule has 3 heteroatoms. The molecular weight excluding hydrogens is 160 g/mol. The lowest BCUT2D eigenvalue weighted by molar-refractivity contribution is 1.07. The van der Waals surface area contributed by atoms with Crippen LogP contribution in [0.2, 0.25) is 0 Å². The number of allylic oxidation sites excluding steroid dienone is 2. The van der Waals surface area contributed by atoms with E-state index in [2.05, 4.69) is 9.98 Å². The molecule has 2 nitrogen and oxygen atoms in total. The second-order valence-corrected chi connectivity index (χ2v) is 2.31. The van der Waals surface area contributed by atoms with Crippen LogP contribution in [0.4, 0.5) is 0 Å². The molecule has 0 rings (SSSR count). The zero-order valence-electron chi connectivity index (χ0n) is 7.13. The third kappa shape index (κ3) is 4.73. The van der Waals surface area contributed by atoms with Gasteiger partial charge in [0.25, 0.3) is 0 Å². The Labute approximate surface area is 72.7 Å². The van der Waals surface area contributed by atoms with Gasteiger partial charge in [0.1, 0.15) is 5.17 Å². The Bertz CT molecular complexity index is 192. The Morgan fingerprint density at radius 2 is 2.18 bits per heavy atom. The maximum absolute atomic E-state index is 5.67. The molecular formula is C8H13ClN2. The molecule has 0 saturated carbocycles. The van der Waals surface area contributed by atoms with Crippen LogP contribution in [-0.2, 0) is 0 Å². The van der Waals surface area contributed by atoms with E-state index in [1.807, 2.05) is 13.8 Å². The molecule has 0 amide bonds. The fourth-order valence-corrected chi connectivity index (χ4v) is 0.724. The summed E-state index contributed by atoms with van der Waals surface area (Å²) in [5, 5.41) is 0.493. The Hall–Kier alpha value is -0.630. The van der Waals surface area contributed by atoms with Crippen LogP contribution in [0, 0.1) is 0 Å². The van der Waals surface area contributed by atoms with Crippen LogP contribution in [-0.4, -0.2) is 18.4 Å². The van der Waals surface area contributed by atoms with Crippen molar-refractivity contribution in [1.82, 2.24) is 0 Å². The Kier molecular flexibility index (Phi) is 5.75. The molecule has 0 aliphatic carbocycles. The maximum Gasteiger partial charge on any atom is 0.125 e. The zero-order valence-corrected chi connectivity index (χ0v) is 7.89. The fourth-order valence-electron chi connectivity index (χ4n) is 0.598. The number of rotatable bonds is 3. The Morgan fingerprint density at radius 1 is 1.55 bits per heavy atom. The Morgan fingerprint density at radius 3 is 2.55 bits per heavy atom. The van der Waals surface area contributed by atoms with Crippen molar-refractivity contribution in [3.63, 3.8) is 0 Å². The van der Waals surface area contributed by atoms with Crippen molar-refractivity contribution in [3.05, 3.63) is 11.8 Å². The molecule has 0 aliphatic heterocycles. The lowest BCUT2D eigenvalue weighted by Crippen LogP contribution is -1.83. The quantitative estimate of drug-likeness (QED) is 0.585. The monoisotopic (exact) mass is 172 g/mol. The molecule has 0 unspecified atom stereocenters.